The maximum atomic E-state index is 13.0. The fraction of sp³-hybridized carbons (Fsp3) is 0.526. The Hall–Kier alpha value is -2.71. The van der Waals surface area contributed by atoms with Gasteiger partial charge < -0.3 is 10.2 Å². The van der Waals surface area contributed by atoms with Gasteiger partial charge in [0.15, 0.2) is 5.13 Å². The first-order valence-electron chi connectivity index (χ1n) is 9.67. The average Bonchev–Trinajstić information content (AvgIpc) is 3.14. The number of nitrogens with one attached hydrogen (secondary N) is 1. The van der Waals surface area contributed by atoms with Crippen molar-refractivity contribution in [1.29, 1.82) is 5.26 Å². The lowest BCUT2D eigenvalue weighted by Crippen LogP contribution is -2.58. The molecular weight excluding hydrogens is 412 g/mol. The van der Waals surface area contributed by atoms with Gasteiger partial charge in [-0.3, -0.25) is 9.69 Å². The highest BCUT2D eigenvalue weighted by Gasteiger charge is 2.46. The standard InChI is InChI=1S/C19H21F2N7OS/c1-12-23-14(13-3-2-5-27(8-13)6-4-22)7-16(24-12)26-18-25-15(9-30-18)17(29)28-10-19(20,21)11-28/h7,9,13H,2-3,5-6,8,10-11H2,1H3,(H,23,24,25,26)/t13-/m0/s1. The first-order valence-corrected chi connectivity index (χ1v) is 10.6. The molecule has 158 valence electrons. The van der Waals surface area contributed by atoms with E-state index in [1.807, 2.05) is 13.0 Å². The van der Waals surface area contributed by atoms with Crippen molar-refractivity contribution in [3.05, 3.63) is 28.7 Å². The van der Waals surface area contributed by atoms with E-state index < -0.39 is 24.9 Å². The molecule has 2 aromatic rings. The van der Waals surface area contributed by atoms with Crippen molar-refractivity contribution in [1.82, 2.24) is 24.8 Å². The summed E-state index contributed by atoms with van der Waals surface area (Å²) in [7, 11) is 0. The van der Waals surface area contributed by atoms with Crippen LogP contribution in [0.25, 0.3) is 0 Å². The molecule has 0 radical (unpaired) electrons. The molecule has 0 bridgehead atoms. The summed E-state index contributed by atoms with van der Waals surface area (Å²) >= 11 is 1.22. The molecule has 8 nitrogen and oxygen atoms in total. The number of carbonyl (C=O) groups excluding carboxylic acids is 1. The second kappa shape index (κ2) is 8.20. The van der Waals surface area contributed by atoms with Crippen molar-refractivity contribution in [3.63, 3.8) is 0 Å². The van der Waals surface area contributed by atoms with Gasteiger partial charge in [0.25, 0.3) is 11.8 Å². The highest BCUT2D eigenvalue weighted by atomic mass is 32.1. The zero-order valence-electron chi connectivity index (χ0n) is 16.4. The third-order valence-corrected chi connectivity index (χ3v) is 5.92. The highest BCUT2D eigenvalue weighted by molar-refractivity contribution is 7.14. The second-order valence-electron chi connectivity index (χ2n) is 7.64. The Morgan fingerprint density at radius 1 is 1.40 bits per heavy atom. The summed E-state index contributed by atoms with van der Waals surface area (Å²) in [5.74, 6) is -1.90. The summed E-state index contributed by atoms with van der Waals surface area (Å²) in [5.41, 5.74) is 1.05. The predicted molar refractivity (Wildman–Crippen MR) is 107 cm³/mol. The van der Waals surface area contributed by atoms with Crippen LogP contribution in [0.3, 0.4) is 0 Å². The first-order chi connectivity index (χ1) is 14.3. The monoisotopic (exact) mass is 433 g/mol. The van der Waals surface area contributed by atoms with Crippen LogP contribution in [0.1, 0.15) is 40.8 Å². The van der Waals surface area contributed by atoms with Crippen molar-refractivity contribution in [2.75, 3.05) is 38.0 Å². The Labute approximate surface area is 176 Å². The first kappa shape index (κ1) is 20.6. The molecule has 11 heteroatoms. The number of aromatic nitrogens is 3. The van der Waals surface area contributed by atoms with Crippen molar-refractivity contribution in [2.24, 2.45) is 0 Å². The number of anilines is 2. The van der Waals surface area contributed by atoms with Crippen LogP contribution in [0.4, 0.5) is 19.7 Å². The number of alkyl halides is 2. The molecule has 1 atom stereocenters. The Morgan fingerprint density at radius 3 is 2.93 bits per heavy atom. The molecule has 2 saturated heterocycles. The zero-order chi connectivity index (χ0) is 21.3. The van der Waals surface area contributed by atoms with Gasteiger partial charge >= 0.3 is 0 Å². The molecule has 2 aliphatic rings. The van der Waals surface area contributed by atoms with E-state index in [4.69, 9.17) is 5.26 Å². The van der Waals surface area contributed by atoms with Gasteiger partial charge in [0.1, 0.15) is 17.3 Å². The van der Waals surface area contributed by atoms with Gasteiger partial charge in [-0.1, -0.05) is 0 Å². The Balaban J connectivity index is 1.45. The van der Waals surface area contributed by atoms with Crippen LogP contribution < -0.4 is 5.32 Å². The van der Waals surface area contributed by atoms with Crippen molar-refractivity contribution >= 4 is 28.2 Å². The molecule has 4 rings (SSSR count). The minimum Gasteiger partial charge on any atom is -0.325 e. The quantitative estimate of drug-likeness (QED) is 0.724. The van der Waals surface area contributed by atoms with E-state index >= 15 is 0 Å². The maximum Gasteiger partial charge on any atom is 0.282 e. The maximum absolute atomic E-state index is 13.0. The van der Waals surface area contributed by atoms with Gasteiger partial charge in [0.05, 0.1) is 31.4 Å². The predicted octanol–water partition coefficient (Wildman–Crippen LogP) is 2.78. The lowest BCUT2D eigenvalue weighted by atomic mass is 9.94. The van der Waals surface area contributed by atoms with Crippen LogP contribution in [0.2, 0.25) is 0 Å². The van der Waals surface area contributed by atoms with Crippen LogP contribution in [0, 0.1) is 18.3 Å². The fourth-order valence-electron chi connectivity index (χ4n) is 3.76. The summed E-state index contributed by atoms with van der Waals surface area (Å²) in [6.45, 7) is 2.78. The van der Waals surface area contributed by atoms with Gasteiger partial charge in [0, 0.05) is 23.9 Å². The number of aryl methyl sites for hydroxylation is 1. The Bertz CT molecular complexity index is 982. The molecule has 0 aromatic carbocycles. The number of hydrogen-bond donors (Lipinski definition) is 1. The molecule has 4 heterocycles. The van der Waals surface area contributed by atoms with E-state index in [9.17, 15) is 13.6 Å². The molecule has 2 aromatic heterocycles. The zero-order valence-corrected chi connectivity index (χ0v) is 17.3. The van der Waals surface area contributed by atoms with Crippen LogP contribution in [0.5, 0.6) is 0 Å². The van der Waals surface area contributed by atoms with E-state index in [-0.39, 0.29) is 11.6 Å². The number of nitrogens with zero attached hydrogens (tertiary/aromatic N) is 6. The van der Waals surface area contributed by atoms with Crippen LogP contribution in [0.15, 0.2) is 11.4 Å². The van der Waals surface area contributed by atoms with E-state index in [0.29, 0.717) is 23.3 Å². The van der Waals surface area contributed by atoms with Crippen molar-refractivity contribution < 1.29 is 13.6 Å². The molecule has 0 saturated carbocycles. The van der Waals surface area contributed by atoms with E-state index in [1.165, 1.54) is 11.3 Å². The molecule has 0 aliphatic carbocycles. The summed E-state index contributed by atoms with van der Waals surface area (Å²) in [6.07, 6.45) is 2.00. The van der Waals surface area contributed by atoms with Crippen molar-refractivity contribution in [2.45, 2.75) is 31.6 Å². The summed E-state index contributed by atoms with van der Waals surface area (Å²) < 4.78 is 26.0. The molecule has 30 heavy (non-hydrogen) atoms. The minimum atomic E-state index is -2.80. The topological polar surface area (TPSA) is 98.0 Å². The van der Waals surface area contributed by atoms with Gasteiger partial charge in [0.2, 0.25) is 0 Å². The highest BCUT2D eigenvalue weighted by Crippen LogP contribution is 2.30. The Kier molecular flexibility index (Phi) is 5.62. The number of amides is 1. The number of nitriles is 1. The van der Waals surface area contributed by atoms with E-state index in [2.05, 4.69) is 31.2 Å². The van der Waals surface area contributed by atoms with E-state index in [1.54, 1.807) is 5.38 Å². The largest absolute Gasteiger partial charge is 0.325 e. The third kappa shape index (κ3) is 4.55. The number of carbonyl (C=O) groups is 1. The van der Waals surface area contributed by atoms with Crippen LogP contribution >= 0.6 is 11.3 Å². The normalized spacial score (nSPS) is 21.0. The third-order valence-electron chi connectivity index (χ3n) is 5.17. The Morgan fingerprint density at radius 2 is 2.20 bits per heavy atom. The smallest absolute Gasteiger partial charge is 0.282 e. The SMILES string of the molecule is Cc1nc(Nc2nc(C(=O)N3CC(F)(F)C3)cs2)cc([C@H]2CCCN(CC#N)C2)n1. The molecule has 2 fully saturated rings. The molecule has 2 aliphatic heterocycles. The van der Waals surface area contributed by atoms with Gasteiger partial charge in [-0.25, -0.2) is 23.7 Å². The number of halogens is 2. The summed E-state index contributed by atoms with van der Waals surface area (Å²) in [4.78, 5) is 28.6. The number of likely N-dealkylation sites (tertiary alicyclic amines) is 2. The molecular formula is C19H21F2N7OS. The molecule has 1 N–H and O–H groups in total. The number of thiazole rings is 1. The summed E-state index contributed by atoms with van der Waals surface area (Å²) in [6, 6.07) is 4.07. The van der Waals surface area contributed by atoms with E-state index in [0.717, 1.165) is 36.5 Å². The summed E-state index contributed by atoms with van der Waals surface area (Å²) in [5, 5.41) is 14.1. The van der Waals surface area contributed by atoms with Gasteiger partial charge in [-0.05, 0) is 26.3 Å². The minimum absolute atomic E-state index is 0.142. The fourth-order valence-corrected chi connectivity index (χ4v) is 4.45. The molecule has 0 unspecified atom stereocenters. The number of hydrogen-bond acceptors (Lipinski definition) is 8. The second-order valence-corrected chi connectivity index (χ2v) is 8.50. The van der Waals surface area contributed by atoms with Gasteiger partial charge in [-0.2, -0.15) is 5.26 Å². The van der Waals surface area contributed by atoms with Gasteiger partial charge in [-0.15, -0.1) is 11.3 Å². The average molecular weight is 433 g/mol. The molecule has 0 spiro atoms. The van der Waals surface area contributed by atoms with Crippen molar-refractivity contribution in [3.8, 4) is 6.07 Å². The van der Waals surface area contributed by atoms with Crippen LogP contribution in [-0.4, -0.2) is 69.3 Å². The lowest BCUT2D eigenvalue weighted by molar-refractivity contribution is -0.113. The van der Waals surface area contributed by atoms with Crippen LogP contribution in [-0.2, 0) is 0 Å². The lowest BCUT2D eigenvalue weighted by Gasteiger charge is -2.38. The number of piperidine rings is 1. The molecule has 1 amide bonds. The number of rotatable bonds is 5.